The van der Waals surface area contributed by atoms with Crippen molar-refractivity contribution in [1.82, 2.24) is 9.97 Å². The molecule has 3 rings (SSSR count). The first kappa shape index (κ1) is 12.1. The average Bonchev–Trinajstić information content (AvgIpc) is 2.93. The molecule has 0 fully saturated rings. The van der Waals surface area contributed by atoms with Gasteiger partial charge in [0, 0.05) is 0 Å². The molecule has 0 aliphatic carbocycles. The van der Waals surface area contributed by atoms with Crippen LogP contribution in [0.15, 0.2) is 24.3 Å². The van der Waals surface area contributed by atoms with E-state index in [1.165, 1.54) is 17.4 Å². The highest BCUT2D eigenvalue weighted by Gasteiger charge is 2.16. The molecule has 0 amide bonds. The number of carbonyl (C=O) groups is 1. The number of nitrogens with zero attached hydrogens (tertiary/aromatic N) is 1. The van der Waals surface area contributed by atoms with E-state index < -0.39 is 11.8 Å². The van der Waals surface area contributed by atoms with Gasteiger partial charge in [-0.2, -0.15) is 0 Å². The lowest BCUT2D eigenvalue weighted by atomic mass is 10.2. The molecule has 3 aromatic rings. The van der Waals surface area contributed by atoms with Crippen LogP contribution in [-0.4, -0.2) is 21.0 Å². The molecular formula is C12H6ClFN2O2S. The summed E-state index contributed by atoms with van der Waals surface area (Å²) in [6.07, 6.45) is 0. The monoisotopic (exact) mass is 296 g/mol. The van der Waals surface area contributed by atoms with Crippen LogP contribution in [0.25, 0.3) is 21.7 Å². The van der Waals surface area contributed by atoms with Crippen LogP contribution in [0.4, 0.5) is 4.39 Å². The number of H-pyrrole nitrogens is 1. The predicted octanol–water partition coefficient (Wildman–Crippen LogP) is 3.78. The molecule has 0 saturated heterocycles. The Hall–Kier alpha value is -1.92. The van der Waals surface area contributed by atoms with Crippen LogP contribution in [0.5, 0.6) is 0 Å². The van der Waals surface area contributed by atoms with Crippen molar-refractivity contribution >= 4 is 39.9 Å². The number of nitrogens with one attached hydrogen (secondary N) is 1. The number of carboxylic acids is 1. The van der Waals surface area contributed by atoms with E-state index in [1.54, 1.807) is 12.1 Å². The lowest BCUT2D eigenvalue weighted by molar-refractivity contribution is 0.0698. The summed E-state index contributed by atoms with van der Waals surface area (Å²) < 4.78 is 13.9. The smallest absolute Gasteiger partial charge is 0.338 e. The minimum absolute atomic E-state index is 0.167. The molecule has 0 radical (unpaired) electrons. The van der Waals surface area contributed by atoms with E-state index >= 15 is 0 Å². The number of thiophene rings is 1. The molecule has 4 nitrogen and oxygen atoms in total. The van der Waals surface area contributed by atoms with E-state index in [4.69, 9.17) is 16.7 Å². The van der Waals surface area contributed by atoms with Crippen molar-refractivity contribution in [2.75, 3.05) is 0 Å². The van der Waals surface area contributed by atoms with Crippen molar-refractivity contribution in [3.05, 3.63) is 40.0 Å². The summed E-state index contributed by atoms with van der Waals surface area (Å²) in [4.78, 5) is 18.9. The SMILES string of the molecule is O=C(O)c1cc(F)cc2[nH]c(-c3ccc(Cl)s3)nc12. The molecule has 2 aromatic heterocycles. The Bertz CT molecular complexity index is 796. The summed E-state index contributed by atoms with van der Waals surface area (Å²) in [5, 5.41) is 9.05. The number of fused-ring (bicyclic) bond motifs is 1. The molecule has 0 aliphatic heterocycles. The Morgan fingerprint density at radius 3 is 2.84 bits per heavy atom. The zero-order valence-electron chi connectivity index (χ0n) is 9.28. The van der Waals surface area contributed by atoms with Crippen molar-refractivity contribution in [3.63, 3.8) is 0 Å². The Kier molecular flexibility index (Phi) is 2.76. The maximum absolute atomic E-state index is 13.3. The normalized spacial score (nSPS) is 11.1. The van der Waals surface area contributed by atoms with Crippen molar-refractivity contribution in [2.24, 2.45) is 0 Å². The van der Waals surface area contributed by atoms with Crippen LogP contribution in [0.3, 0.4) is 0 Å². The number of aromatic carboxylic acids is 1. The van der Waals surface area contributed by atoms with Gasteiger partial charge in [-0.1, -0.05) is 11.6 Å². The number of benzene rings is 1. The molecule has 0 atom stereocenters. The summed E-state index contributed by atoms with van der Waals surface area (Å²) in [6.45, 7) is 0. The molecule has 0 aliphatic rings. The standard InChI is InChI=1S/C12H6ClFN2O2S/c13-9-2-1-8(19-9)11-15-7-4-5(14)3-6(12(17)18)10(7)16-11/h1-4H,(H,15,16)(H,17,18). The Balaban J connectivity index is 2.25. The van der Waals surface area contributed by atoms with Crippen molar-refractivity contribution in [2.45, 2.75) is 0 Å². The average molecular weight is 297 g/mol. The second-order valence-electron chi connectivity index (χ2n) is 3.84. The fourth-order valence-corrected chi connectivity index (χ4v) is 2.79. The molecular weight excluding hydrogens is 291 g/mol. The Labute approximate surface area is 115 Å². The van der Waals surface area contributed by atoms with Crippen LogP contribution in [0.1, 0.15) is 10.4 Å². The number of imidazole rings is 1. The Morgan fingerprint density at radius 2 is 2.21 bits per heavy atom. The molecule has 2 N–H and O–H groups in total. The van der Waals surface area contributed by atoms with Crippen molar-refractivity contribution < 1.29 is 14.3 Å². The minimum Gasteiger partial charge on any atom is -0.478 e. The zero-order valence-corrected chi connectivity index (χ0v) is 10.8. The number of halogens is 2. The van der Waals surface area contributed by atoms with Gasteiger partial charge in [-0.25, -0.2) is 14.2 Å². The van der Waals surface area contributed by atoms with Gasteiger partial charge in [-0.05, 0) is 24.3 Å². The van der Waals surface area contributed by atoms with Crippen molar-refractivity contribution in [3.8, 4) is 10.7 Å². The summed E-state index contributed by atoms with van der Waals surface area (Å²) in [6, 6.07) is 5.65. The largest absolute Gasteiger partial charge is 0.478 e. The molecule has 0 spiro atoms. The number of carboxylic acid groups (broad SMARTS) is 1. The number of hydrogen-bond donors (Lipinski definition) is 2. The van der Waals surface area contributed by atoms with E-state index in [-0.39, 0.29) is 11.1 Å². The van der Waals surface area contributed by atoms with Crippen LogP contribution in [0, 0.1) is 5.82 Å². The van der Waals surface area contributed by atoms with E-state index in [2.05, 4.69) is 9.97 Å². The van der Waals surface area contributed by atoms with E-state index in [1.807, 2.05) is 0 Å². The third-order valence-electron chi connectivity index (χ3n) is 2.59. The van der Waals surface area contributed by atoms with Gasteiger partial charge in [0.25, 0.3) is 0 Å². The molecule has 19 heavy (non-hydrogen) atoms. The van der Waals surface area contributed by atoms with Gasteiger partial charge in [-0.3, -0.25) is 0 Å². The highest BCUT2D eigenvalue weighted by molar-refractivity contribution is 7.19. The van der Waals surface area contributed by atoms with Gasteiger partial charge in [0.05, 0.1) is 20.3 Å². The lowest BCUT2D eigenvalue weighted by Gasteiger charge is -1.95. The summed E-state index contributed by atoms with van der Waals surface area (Å²) in [7, 11) is 0. The summed E-state index contributed by atoms with van der Waals surface area (Å²) in [5.74, 6) is -1.36. The minimum atomic E-state index is -1.22. The molecule has 0 saturated carbocycles. The fraction of sp³-hybridized carbons (Fsp3) is 0. The Morgan fingerprint density at radius 1 is 1.42 bits per heavy atom. The highest BCUT2D eigenvalue weighted by Crippen LogP contribution is 2.31. The van der Waals surface area contributed by atoms with Gasteiger partial charge in [0.15, 0.2) is 0 Å². The predicted molar refractivity (Wildman–Crippen MR) is 71.3 cm³/mol. The van der Waals surface area contributed by atoms with Crippen molar-refractivity contribution in [1.29, 1.82) is 0 Å². The second-order valence-corrected chi connectivity index (χ2v) is 5.56. The quantitative estimate of drug-likeness (QED) is 0.756. The topological polar surface area (TPSA) is 66.0 Å². The first-order chi connectivity index (χ1) is 9.04. The maximum Gasteiger partial charge on any atom is 0.338 e. The van der Waals surface area contributed by atoms with Gasteiger partial charge in [0.1, 0.15) is 17.2 Å². The summed E-state index contributed by atoms with van der Waals surface area (Å²) in [5.41, 5.74) is 0.408. The van der Waals surface area contributed by atoms with E-state index in [0.717, 1.165) is 10.9 Å². The molecule has 0 unspecified atom stereocenters. The molecule has 2 heterocycles. The molecule has 7 heteroatoms. The third-order valence-corrected chi connectivity index (χ3v) is 3.83. The van der Waals surface area contributed by atoms with Gasteiger partial charge < -0.3 is 10.1 Å². The van der Waals surface area contributed by atoms with Crippen LogP contribution in [0.2, 0.25) is 4.34 Å². The first-order valence-corrected chi connectivity index (χ1v) is 6.42. The van der Waals surface area contributed by atoms with Crippen LogP contribution < -0.4 is 0 Å². The van der Waals surface area contributed by atoms with Gasteiger partial charge in [-0.15, -0.1) is 11.3 Å². The lowest BCUT2D eigenvalue weighted by Crippen LogP contribution is -1.98. The number of aromatic amines is 1. The summed E-state index contributed by atoms with van der Waals surface area (Å²) >= 11 is 7.14. The molecule has 1 aromatic carbocycles. The number of aromatic nitrogens is 2. The van der Waals surface area contributed by atoms with E-state index in [0.29, 0.717) is 15.7 Å². The molecule has 0 bridgehead atoms. The molecule has 96 valence electrons. The fourth-order valence-electron chi connectivity index (χ4n) is 1.80. The van der Waals surface area contributed by atoms with Crippen LogP contribution >= 0.6 is 22.9 Å². The maximum atomic E-state index is 13.3. The number of hydrogen-bond acceptors (Lipinski definition) is 3. The highest BCUT2D eigenvalue weighted by atomic mass is 35.5. The third kappa shape index (κ3) is 2.09. The first-order valence-electron chi connectivity index (χ1n) is 5.23. The van der Waals surface area contributed by atoms with Gasteiger partial charge in [0.2, 0.25) is 0 Å². The van der Waals surface area contributed by atoms with E-state index in [9.17, 15) is 9.18 Å². The second kappa shape index (κ2) is 4.32. The van der Waals surface area contributed by atoms with Crippen LogP contribution in [-0.2, 0) is 0 Å². The zero-order chi connectivity index (χ0) is 13.6. The van der Waals surface area contributed by atoms with Gasteiger partial charge >= 0.3 is 5.97 Å². The number of rotatable bonds is 2.